The van der Waals surface area contributed by atoms with E-state index < -0.39 is 0 Å². The molecule has 0 spiro atoms. The van der Waals surface area contributed by atoms with Gasteiger partial charge in [-0.1, -0.05) is 69.6 Å². The van der Waals surface area contributed by atoms with Crippen molar-refractivity contribution >= 4 is 0 Å². The molecule has 1 aromatic carbocycles. The fourth-order valence-electron chi connectivity index (χ4n) is 5.29. The van der Waals surface area contributed by atoms with E-state index in [2.05, 4.69) is 13.0 Å². The normalized spacial score (nSPS) is 25.4. The first kappa shape index (κ1) is 21.4. The zero-order valence-corrected chi connectivity index (χ0v) is 18.0. The molecule has 0 saturated heterocycles. The van der Waals surface area contributed by atoms with Gasteiger partial charge in [0.1, 0.15) is 0 Å². The number of aryl methyl sites for hydroxylation is 1. The van der Waals surface area contributed by atoms with Crippen LogP contribution in [0.2, 0.25) is 0 Å². The van der Waals surface area contributed by atoms with Gasteiger partial charge < -0.3 is 4.74 Å². The Morgan fingerprint density at radius 1 is 0.929 bits per heavy atom. The Bertz CT molecular complexity index is 627. The summed E-state index contributed by atoms with van der Waals surface area (Å²) in [7, 11) is 1.51. The highest BCUT2D eigenvalue weighted by Gasteiger charge is 2.22. The number of rotatable bonds is 9. The molecule has 1 saturated carbocycles. The van der Waals surface area contributed by atoms with Crippen molar-refractivity contribution in [3.8, 4) is 5.75 Å². The van der Waals surface area contributed by atoms with Crippen LogP contribution in [0, 0.1) is 23.6 Å². The van der Waals surface area contributed by atoms with Crippen LogP contribution in [0.25, 0.3) is 0 Å². The van der Waals surface area contributed by atoms with E-state index in [1.54, 1.807) is 17.7 Å². The Labute approximate surface area is 171 Å². The van der Waals surface area contributed by atoms with Crippen LogP contribution in [-0.2, 0) is 6.42 Å². The molecule has 0 aliphatic heterocycles. The molecule has 1 unspecified atom stereocenters. The second-order valence-electron chi connectivity index (χ2n) is 9.22. The average Bonchev–Trinajstić information content (AvgIpc) is 2.73. The molecule has 1 atom stereocenters. The molecule has 0 aromatic heterocycles. The molecule has 0 amide bonds. The van der Waals surface area contributed by atoms with Crippen molar-refractivity contribution in [3.63, 3.8) is 0 Å². The lowest BCUT2D eigenvalue weighted by molar-refractivity contribution is 0.236. The maximum absolute atomic E-state index is 13.8. The summed E-state index contributed by atoms with van der Waals surface area (Å²) in [6.07, 6.45) is 20.0. The molecular formula is C26H39FO. The van der Waals surface area contributed by atoms with E-state index in [0.29, 0.717) is 5.75 Å². The third-order valence-corrected chi connectivity index (χ3v) is 7.21. The van der Waals surface area contributed by atoms with Crippen LogP contribution in [0.5, 0.6) is 5.75 Å². The lowest BCUT2D eigenvalue weighted by Crippen LogP contribution is -2.16. The van der Waals surface area contributed by atoms with Gasteiger partial charge in [-0.15, -0.1) is 0 Å². The number of allylic oxidation sites excluding steroid dienone is 2. The van der Waals surface area contributed by atoms with Crippen molar-refractivity contribution in [2.45, 2.75) is 90.4 Å². The number of ether oxygens (including phenoxy) is 1. The van der Waals surface area contributed by atoms with Crippen molar-refractivity contribution in [1.82, 2.24) is 0 Å². The number of hydrogen-bond donors (Lipinski definition) is 0. The smallest absolute Gasteiger partial charge is 0.165 e. The molecule has 3 rings (SSSR count). The molecule has 0 heterocycles. The van der Waals surface area contributed by atoms with Crippen molar-refractivity contribution in [2.24, 2.45) is 17.8 Å². The van der Waals surface area contributed by atoms with Crippen LogP contribution in [0.4, 0.5) is 4.39 Å². The monoisotopic (exact) mass is 386 g/mol. The minimum absolute atomic E-state index is 0.249. The number of halogens is 1. The maximum Gasteiger partial charge on any atom is 0.165 e. The molecule has 1 fully saturated rings. The fraction of sp³-hybridized carbons (Fsp3) is 0.692. The highest BCUT2D eigenvalue weighted by Crippen LogP contribution is 2.36. The minimum atomic E-state index is -0.249. The average molecular weight is 387 g/mol. The van der Waals surface area contributed by atoms with Crippen LogP contribution < -0.4 is 4.74 Å². The van der Waals surface area contributed by atoms with E-state index in [9.17, 15) is 4.39 Å². The summed E-state index contributed by atoms with van der Waals surface area (Å²) in [5, 5.41) is 0. The predicted molar refractivity (Wildman–Crippen MR) is 116 cm³/mol. The van der Waals surface area contributed by atoms with E-state index in [1.165, 1.54) is 77.7 Å². The van der Waals surface area contributed by atoms with Crippen molar-refractivity contribution < 1.29 is 9.13 Å². The molecule has 0 radical (unpaired) electrons. The molecule has 156 valence electrons. The van der Waals surface area contributed by atoms with E-state index in [1.807, 2.05) is 6.07 Å². The SMILES string of the molecule is CCCC1CCC(CCC2CC=C(CCc3ccc(OC)c(F)c3)CC2)CC1. The first-order valence-electron chi connectivity index (χ1n) is 11.7. The van der Waals surface area contributed by atoms with Crippen LogP contribution in [0.3, 0.4) is 0 Å². The summed E-state index contributed by atoms with van der Waals surface area (Å²) in [5.74, 6) is 3.02. The van der Waals surface area contributed by atoms with Crippen molar-refractivity contribution in [2.75, 3.05) is 7.11 Å². The van der Waals surface area contributed by atoms with Crippen LogP contribution in [0.15, 0.2) is 29.8 Å². The van der Waals surface area contributed by atoms with E-state index >= 15 is 0 Å². The van der Waals surface area contributed by atoms with Gasteiger partial charge in [0.15, 0.2) is 11.6 Å². The summed E-state index contributed by atoms with van der Waals surface area (Å²) in [5.41, 5.74) is 2.65. The standard InChI is InChI=1S/C26H39FO/c1-3-4-20-5-7-21(8-6-20)9-10-22-11-13-23(14-12-22)15-16-24-17-18-26(28-2)25(27)19-24/h13,17-22H,3-12,14-16H2,1-2H3. The molecule has 0 N–H and O–H groups in total. The number of methoxy groups -OCH3 is 1. The Hall–Kier alpha value is -1.31. The van der Waals surface area contributed by atoms with E-state index in [0.717, 1.165) is 36.2 Å². The third-order valence-electron chi connectivity index (χ3n) is 7.21. The van der Waals surface area contributed by atoms with Crippen LogP contribution >= 0.6 is 0 Å². The van der Waals surface area contributed by atoms with Gasteiger partial charge in [-0.3, -0.25) is 0 Å². The van der Waals surface area contributed by atoms with E-state index in [4.69, 9.17) is 4.74 Å². The van der Waals surface area contributed by atoms with Gasteiger partial charge in [0, 0.05) is 0 Å². The maximum atomic E-state index is 13.8. The quantitative estimate of drug-likeness (QED) is 0.392. The Morgan fingerprint density at radius 3 is 2.25 bits per heavy atom. The van der Waals surface area contributed by atoms with Crippen molar-refractivity contribution in [1.29, 1.82) is 0 Å². The van der Waals surface area contributed by atoms with E-state index in [-0.39, 0.29) is 5.82 Å². The highest BCUT2D eigenvalue weighted by molar-refractivity contribution is 5.29. The summed E-state index contributed by atoms with van der Waals surface area (Å²) >= 11 is 0. The Morgan fingerprint density at radius 2 is 1.64 bits per heavy atom. The molecular weight excluding hydrogens is 347 g/mol. The lowest BCUT2D eigenvalue weighted by Gasteiger charge is -2.30. The first-order valence-corrected chi connectivity index (χ1v) is 11.7. The molecule has 1 aromatic rings. The topological polar surface area (TPSA) is 9.23 Å². The lowest BCUT2D eigenvalue weighted by atomic mass is 9.76. The van der Waals surface area contributed by atoms with Gasteiger partial charge in [0.25, 0.3) is 0 Å². The van der Waals surface area contributed by atoms with Crippen LogP contribution in [-0.4, -0.2) is 7.11 Å². The molecule has 0 bridgehead atoms. The molecule has 2 aliphatic rings. The first-order chi connectivity index (χ1) is 13.7. The highest BCUT2D eigenvalue weighted by atomic mass is 19.1. The van der Waals surface area contributed by atoms with Gasteiger partial charge in [-0.2, -0.15) is 0 Å². The number of hydrogen-bond acceptors (Lipinski definition) is 1. The molecule has 28 heavy (non-hydrogen) atoms. The minimum Gasteiger partial charge on any atom is -0.494 e. The van der Waals surface area contributed by atoms with Crippen molar-refractivity contribution in [3.05, 3.63) is 41.2 Å². The third kappa shape index (κ3) is 6.36. The van der Waals surface area contributed by atoms with Gasteiger partial charge >= 0.3 is 0 Å². The predicted octanol–water partition coefficient (Wildman–Crippen LogP) is 7.88. The van der Waals surface area contributed by atoms with Gasteiger partial charge in [0.2, 0.25) is 0 Å². The Kier molecular flexibility index (Phi) is 8.43. The molecule has 2 heteroatoms. The molecule has 2 aliphatic carbocycles. The van der Waals surface area contributed by atoms with Gasteiger partial charge in [-0.25, -0.2) is 4.39 Å². The fourth-order valence-corrected chi connectivity index (χ4v) is 5.29. The summed E-state index contributed by atoms with van der Waals surface area (Å²) in [4.78, 5) is 0. The molecule has 1 nitrogen and oxygen atoms in total. The largest absolute Gasteiger partial charge is 0.494 e. The summed E-state index contributed by atoms with van der Waals surface area (Å²) < 4.78 is 18.8. The summed E-state index contributed by atoms with van der Waals surface area (Å²) in [6, 6.07) is 5.36. The van der Waals surface area contributed by atoms with Gasteiger partial charge in [-0.05, 0) is 74.0 Å². The zero-order chi connectivity index (χ0) is 19.8. The second-order valence-corrected chi connectivity index (χ2v) is 9.22. The zero-order valence-electron chi connectivity index (χ0n) is 18.0. The van der Waals surface area contributed by atoms with Crippen LogP contribution in [0.1, 0.15) is 89.5 Å². The second kappa shape index (κ2) is 11.0. The number of benzene rings is 1. The Balaban J connectivity index is 1.35. The van der Waals surface area contributed by atoms with Gasteiger partial charge in [0.05, 0.1) is 7.11 Å². The summed E-state index contributed by atoms with van der Waals surface area (Å²) in [6.45, 7) is 2.33.